The summed E-state index contributed by atoms with van der Waals surface area (Å²) < 4.78 is 0. The van der Waals surface area contributed by atoms with Gasteiger partial charge in [0, 0.05) is 6.04 Å². The molecule has 0 amide bonds. The molecule has 0 radical (unpaired) electrons. The number of hydrogen-bond donors (Lipinski definition) is 1. The molecule has 0 aliphatic heterocycles. The van der Waals surface area contributed by atoms with Crippen LogP contribution in [0.2, 0.25) is 0 Å². The van der Waals surface area contributed by atoms with Crippen molar-refractivity contribution in [2.45, 2.75) is 65.8 Å². The third-order valence-electron chi connectivity index (χ3n) is 4.92. The average molecular weight is 287 g/mol. The van der Waals surface area contributed by atoms with Crippen molar-refractivity contribution in [3.8, 4) is 0 Å². The molecule has 1 N–H and O–H groups in total. The molecule has 118 valence electrons. The van der Waals surface area contributed by atoms with Crippen molar-refractivity contribution >= 4 is 0 Å². The van der Waals surface area contributed by atoms with Crippen molar-refractivity contribution in [2.75, 3.05) is 6.54 Å². The first-order valence-electron chi connectivity index (χ1n) is 8.94. The molecule has 1 saturated carbocycles. The summed E-state index contributed by atoms with van der Waals surface area (Å²) in [4.78, 5) is 0. The highest BCUT2D eigenvalue weighted by Gasteiger charge is 2.31. The largest absolute Gasteiger partial charge is 0.310 e. The molecule has 2 rings (SSSR count). The van der Waals surface area contributed by atoms with Gasteiger partial charge in [-0.05, 0) is 54.7 Å². The smallest absolute Gasteiger partial charge is 0.0351 e. The van der Waals surface area contributed by atoms with Gasteiger partial charge in [-0.15, -0.1) is 0 Å². The molecule has 0 aromatic heterocycles. The van der Waals surface area contributed by atoms with E-state index in [1.54, 1.807) is 0 Å². The van der Waals surface area contributed by atoms with Crippen LogP contribution in [-0.4, -0.2) is 6.54 Å². The van der Waals surface area contributed by atoms with Crippen LogP contribution in [0.5, 0.6) is 0 Å². The van der Waals surface area contributed by atoms with E-state index >= 15 is 0 Å². The summed E-state index contributed by atoms with van der Waals surface area (Å²) in [6, 6.07) is 9.89. The standard InChI is InChI=1S/C20H33N/c1-5-12-21-20(19-11-6-8-16(19)4)18-10-7-9-17(14-18)13-15(2)3/h7,9-10,14-16,19-21H,5-6,8,11-13H2,1-4H3. The molecule has 21 heavy (non-hydrogen) atoms. The van der Waals surface area contributed by atoms with Gasteiger partial charge in [0.15, 0.2) is 0 Å². The van der Waals surface area contributed by atoms with Crippen molar-refractivity contribution in [2.24, 2.45) is 17.8 Å². The summed E-state index contributed by atoms with van der Waals surface area (Å²) in [7, 11) is 0. The lowest BCUT2D eigenvalue weighted by molar-refractivity contribution is 0.302. The normalized spacial score (nSPS) is 23.7. The fraction of sp³-hybridized carbons (Fsp3) is 0.700. The Balaban J connectivity index is 2.19. The Hall–Kier alpha value is -0.820. The van der Waals surface area contributed by atoms with Crippen molar-refractivity contribution in [1.29, 1.82) is 0 Å². The highest BCUT2D eigenvalue weighted by atomic mass is 14.9. The van der Waals surface area contributed by atoms with E-state index in [0.717, 1.165) is 24.3 Å². The van der Waals surface area contributed by atoms with E-state index in [1.807, 2.05) is 0 Å². The summed E-state index contributed by atoms with van der Waals surface area (Å²) in [6.45, 7) is 10.4. The van der Waals surface area contributed by atoms with Gasteiger partial charge in [-0.1, -0.05) is 64.8 Å². The number of rotatable bonds is 7. The predicted octanol–water partition coefficient (Wildman–Crippen LogP) is 5.36. The van der Waals surface area contributed by atoms with Gasteiger partial charge in [0.05, 0.1) is 0 Å². The molecule has 3 atom stereocenters. The minimum absolute atomic E-state index is 0.551. The van der Waals surface area contributed by atoms with Gasteiger partial charge in [-0.2, -0.15) is 0 Å². The van der Waals surface area contributed by atoms with Crippen LogP contribution in [0, 0.1) is 17.8 Å². The molecule has 1 aromatic rings. The van der Waals surface area contributed by atoms with Gasteiger partial charge in [-0.25, -0.2) is 0 Å². The molecule has 1 fully saturated rings. The molecule has 0 spiro atoms. The maximum Gasteiger partial charge on any atom is 0.0351 e. The zero-order valence-corrected chi connectivity index (χ0v) is 14.4. The Morgan fingerprint density at radius 1 is 1.24 bits per heavy atom. The van der Waals surface area contributed by atoms with Crippen LogP contribution in [0.3, 0.4) is 0 Å². The van der Waals surface area contributed by atoms with E-state index in [-0.39, 0.29) is 0 Å². The molecule has 1 aliphatic carbocycles. The van der Waals surface area contributed by atoms with E-state index in [1.165, 1.54) is 43.2 Å². The third-order valence-corrected chi connectivity index (χ3v) is 4.92. The first-order valence-corrected chi connectivity index (χ1v) is 8.94. The molecule has 0 bridgehead atoms. The Labute approximate surface area is 131 Å². The van der Waals surface area contributed by atoms with Gasteiger partial charge < -0.3 is 5.32 Å². The van der Waals surface area contributed by atoms with Gasteiger partial charge in [0.2, 0.25) is 0 Å². The van der Waals surface area contributed by atoms with Crippen molar-refractivity contribution < 1.29 is 0 Å². The highest BCUT2D eigenvalue weighted by molar-refractivity contribution is 5.27. The second kappa shape index (κ2) is 7.98. The predicted molar refractivity (Wildman–Crippen MR) is 92.5 cm³/mol. The SMILES string of the molecule is CCCNC(c1cccc(CC(C)C)c1)C1CCCC1C. The van der Waals surface area contributed by atoms with Crippen LogP contribution in [-0.2, 0) is 6.42 Å². The summed E-state index contributed by atoms with van der Waals surface area (Å²) in [5.41, 5.74) is 3.01. The van der Waals surface area contributed by atoms with Crippen molar-refractivity contribution in [1.82, 2.24) is 5.32 Å². The van der Waals surface area contributed by atoms with E-state index < -0.39 is 0 Å². The third kappa shape index (κ3) is 4.57. The highest BCUT2D eigenvalue weighted by Crippen LogP contribution is 2.40. The molecular formula is C20H33N. The lowest BCUT2D eigenvalue weighted by Gasteiger charge is -2.29. The number of benzene rings is 1. The Morgan fingerprint density at radius 2 is 2.05 bits per heavy atom. The maximum atomic E-state index is 3.84. The molecule has 1 heteroatoms. The van der Waals surface area contributed by atoms with Crippen LogP contribution in [0.4, 0.5) is 0 Å². The van der Waals surface area contributed by atoms with Crippen LogP contribution in [0.25, 0.3) is 0 Å². The maximum absolute atomic E-state index is 3.84. The lowest BCUT2D eigenvalue weighted by atomic mass is 9.85. The molecule has 1 aliphatic rings. The number of nitrogens with one attached hydrogen (secondary N) is 1. The van der Waals surface area contributed by atoms with Gasteiger partial charge in [0.25, 0.3) is 0 Å². The Bertz CT molecular complexity index is 424. The molecule has 0 saturated heterocycles. The fourth-order valence-corrected chi connectivity index (χ4v) is 3.87. The number of hydrogen-bond acceptors (Lipinski definition) is 1. The van der Waals surface area contributed by atoms with Crippen LogP contribution in [0.1, 0.15) is 70.5 Å². The summed E-state index contributed by atoms with van der Waals surface area (Å²) >= 11 is 0. The monoisotopic (exact) mass is 287 g/mol. The van der Waals surface area contributed by atoms with Crippen molar-refractivity contribution in [3.05, 3.63) is 35.4 Å². The molecule has 3 unspecified atom stereocenters. The van der Waals surface area contributed by atoms with Gasteiger partial charge in [0.1, 0.15) is 0 Å². The molecular weight excluding hydrogens is 254 g/mol. The minimum Gasteiger partial charge on any atom is -0.310 e. The minimum atomic E-state index is 0.551. The first-order chi connectivity index (χ1) is 10.1. The van der Waals surface area contributed by atoms with Gasteiger partial charge in [-0.3, -0.25) is 0 Å². The fourth-order valence-electron chi connectivity index (χ4n) is 3.87. The zero-order valence-electron chi connectivity index (χ0n) is 14.4. The summed E-state index contributed by atoms with van der Waals surface area (Å²) in [5.74, 6) is 2.40. The van der Waals surface area contributed by atoms with E-state index in [2.05, 4.69) is 57.3 Å². The first kappa shape index (κ1) is 16.5. The second-order valence-corrected chi connectivity index (χ2v) is 7.35. The molecule has 1 nitrogen and oxygen atoms in total. The molecule has 0 heterocycles. The van der Waals surface area contributed by atoms with E-state index in [0.29, 0.717) is 6.04 Å². The Morgan fingerprint density at radius 3 is 2.67 bits per heavy atom. The Kier molecular flexibility index (Phi) is 6.29. The average Bonchev–Trinajstić information content (AvgIpc) is 2.85. The summed E-state index contributed by atoms with van der Waals surface area (Å²) in [5, 5.41) is 3.84. The van der Waals surface area contributed by atoms with Crippen molar-refractivity contribution in [3.63, 3.8) is 0 Å². The van der Waals surface area contributed by atoms with E-state index in [4.69, 9.17) is 0 Å². The lowest BCUT2D eigenvalue weighted by Crippen LogP contribution is -2.30. The zero-order chi connectivity index (χ0) is 15.2. The van der Waals surface area contributed by atoms with Crippen LogP contribution >= 0.6 is 0 Å². The van der Waals surface area contributed by atoms with Crippen LogP contribution < -0.4 is 5.32 Å². The topological polar surface area (TPSA) is 12.0 Å². The summed E-state index contributed by atoms with van der Waals surface area (Å²) in [6.07, 6.45) is 6.59. The van der Waals surface area contributed by atoms with Crippen LogP contribution in [0.15, 0.2) is 24.3 Å². The second-order valence-electron chi connectivity index (χ2n) is 7.35. The molecule has 1 aromatic carbocycles. The van der Waals surface area contributed by atoms with E-state index in [9.17, 15) is 0 Å². The quantitative estimate of drug-likeness (QED) is 0.711. The van der Waals surface area contributed by atoms with Gasteiger partial charge >= 0.3 is 0 Å².